The van der Waals surface area contributed by atoms with E-state index >= 15 is 0 Å². The second kappa shape index (κ2) is 5.48. The third kappa shape index (κ3) is 2.59. The van der Waals surface area contributed by atoms with E-state index < -0.39 is 0 Å². The first-order valence-corrected chi connectivity index (χ1v) is 7.71. The van der Waals surface area contributed by atoms with Gasteiger partial charge in [-0.25, -0.2) is 0 Å². The largest absolute Gasteiger partial charge is 0.381 e. The number of piperidine rings is 1. The number of ether oxygens (including phenoxy) is 2. The van der Waals surface area contributed by atoms with Gasteiger partial charge in [-0.15, -0.1) is 0 Å². The van der Waals surface area contributed by atoms with E-state index in [4.69, 9.17) is 9.47 Å². The molecule has 3 aliphatic rings. The molecule has 3 aliphatic heterocycles. The molecule has 0 aromatic carbocycles. The van der Waals surface area contributed by atoms with Crippen LogP contribution in [0.15, 0.2) is 0 Å². The van der Waals surface area contributed by atoms with Gasteiger partial charge in [0, 0.05) is 19.8 Å². The van der Waals surface area contributed by atoms with E-state index in [2.05, 4.69) is 12.2 Å². The van der Waals surface area contributed by atoms with Gasteiger partial charge in [0.1, 0.15) is 0 Å². The number of rotatable bonds is 1. The number of hydrogen-bond acceptors (Lipinski definition) is 3. The van der Waals surface area contributed by atoms with Gasteiger partial charge < -0.3 is 14.8 Å². The summed E-state index contributed by atoms with van der Waals surface area (Å²) in [5.74, 6) is 2.60. The third-order valence-electron chi connectivity index (χ3n) is 5.43. The van der Waals surface area contributed by atoms with Crippen molar-refractivity contribution >= 4 is 0 Å². The fourth-order valence-corrected chi connectivity index (χ4v) is 4.17. The Balaban J connectivity index is 1.65. The molecule has 3 unspecified atom stereocenters. The molecule has 0 aromatic rings. The van der Waals surface area contributed by atoms with Gasteiger partial charge in [0.15, 0.2) is 0 Å². The summed E-state index contributed by atoms with van der Waals surface area (Å²) in [5.41, 5.74) is 0.165. The molecule has 3 heteroatoms. The average Bonchev–Trinajstić information content (AvgIpc) is 2.40. The summed E-state index contributed by atoms with van der Waals surface area (Å²) < 4.78 is 11.7. The number of nitrogens with one attached hydrogen (secondary N) is 1. The van der Waals surface area contributed by atoms with Gasteiger partial charge in [-0.3, -0.25) is 0 Å². The van der Waals surface area contributed by atoms with E-state index in [1.54, 1.807) is 0 Å². The summed E-state index contributed by atoms with van der Waals surface area (Å²) in [6.07, 6.45) is 6.10. The third-order valence-corrected chi connectivity index (χ3v) is 5.43. The molecule has 0 saturated carbocycles. The zero-order chi connectivity index (χ0) is 12.4. The molecule has 3 rings (SSSR count). The molecule has 3 saturated heterocycles. The fraction of sp³-hybridized carbons (Fsp3) is 1.00. The molecule has 3 heterocycles. The van der Waals surface area contributed by atoms with Crippen molar-refractivity contribution in [1.82, 2.24) is 5.32 Å². The van der Waals surface area contributed by atoms with E-state index in [1.807, 2.05) is 0 Å². The van der Waals surface area contributed by atoms with Crippen LogP contribution in [0.1, 0.15) is 39.0 Å². The van der Waals surface area contributed by atoms with Crippen LogP contribution in [-0.2, 0) is 9.47 Å². The van der Waals surface area contributed by atoms with Gasteiger partial charge in [-0.2, -0.15) is 0 Å². The highest BCUT2D eigenvalue weighted by molar-refractivity contribution is 4.93. The summed E-state index contributed by atoms with van der Waals surface area (Å²) in [7, 11) is 0. The van der Waals surface area contributed by atoms with Crippen LogP contribution < -0.4 is 5.32 Å². The van der Waals surface area contributed by atoms with Crippen molar-refractivity contribution < 1.29 is 9.47 Å². The van der Waals surface area contributed by atoms with Crippen molar-refractivity contribution in [2.75, 3.05) is 32.9 Å². The second-order valence-electron chi connectivity index (χ2n) is 6.53. The van der Waals surface area contributed by atoms with Crippen LogP contribution in [0, 0.1) is 17.8 Å². The first-order valence-electron chi connectivity index (χ1n) is 7.71. The van der Waals surface area contributed by atoms with Crippen molar-refractivity contribution in [2.24, 2.45) is 17.8 Å². The minimum atomic E-state index is 0.165. The molecule has 0 radical (unpaired) electrons. The molecule has 3 fully saturated rings. The topological polar surface area (TPSA) is 30.5 Å². The minimum Gasteiger partial charge on any atom is -0.381 e. The molecular formula is C15H27NO2. The highest BCUT2D eigenvalue weighted by Gasteiger charge is 2.42. The van der Waals surface area contributed by atoms with Gasteiger partial charge in [0.25, 0.3) is 0 Å². The van der Waals surface area contributed by atoms with Crippen LogP contribution in [0.5, 0.6) is 0 Å². The summed E-state index contributed by atoms with van der Waals surface area (Å²) in [4.78, 5) is 0. The average molecular weight is 253 g/mol. The van der Waals surface area contributed by atoms with E-state index in [1.165, 1.54) is 32.4 Å². The molecule has 1 N–H and O–H groups in total. The Morgan fingerprint density at radius 3 is 2.72 bits per heavy atom. The summed E-state index contributed by atoms with van der Waals surface area (Å²) >= 11 is 0. The Morgan fingerprint density at radius 1 is 1.11 bits per heavy atom. The molecule has 0 bridgehead atoms. The molecule has 1 spiro atoms. The van der Waals surface area contributed by atoms with E-state index in [0.29, 0.717) is 0 Å². The zero-order valence-corrected chi connectivity index (χ0v) is 11.6. The highest BCUT2D eigenvalue weighted by atomic mass is 16.5. The Morgan fingerprint density at radius 2 is 1.94 bits per heavy atom. The Kier molecular flexibility index (Phi) is 3.92. The predicted molar refractivity (Wildman–Crippen MR) is 71.6 cm³/mol. The van der Waals surface area contributed by atoms with Gasteiger partial charge in [-0.1, -0.05) is 6.92 Å². The SMILES string of the molecule is CC1CCNCC1C1CCOC2(CCOCC2)C1. The molecular weight excluding hydrogens is 226 g/mol. The van der Waals surface area contributed by atoms with Crippen LogP contribution in [-0.4, -0.2) is 38.5 Å². The Hall–Kier alpha value is -0.120. The summed E-state index contributed by atoms with van der Waals surface area (Å²) in [6, 6.07) is 0. The molecule has 3 nitrogen and oxygen atoms in total. The van der Waals surface area contributed by atoms with E-state index in [9.17, 15) is 0 Å². The lowest BCUT2D eigenvalue weighted by Crippen LogP contribution is -2.49. The van der Waals surface area contributed by atoms with Crippen LogP contribution in [0.2, 0.25) is 0 Å². The predicted octanol–water partition coefficient (Wildman–Crippen LogP) is 2.21. The van der Waals surface area contributed by atoms with Crippen LogP contribution in [0.3, 0.4) is 0 Å². The van der Waals surface area contributed by atoms with Crippen molar-refractivity contribution in [3.8, 4) is 0 Å². The van der Waals surface area contributed by atoms with Gasteiger partial charge in [0.05, 0.1) is 5.60 Å². The van der Waals surface area contributed by atoms with Gasteiger partial charge in [0.2, 0.25) is 0 Å². The first kappa shape index (κ1) is 12.9. The minimum absolute atomic E-state index is 0.165. The zero-order valence-electron chi connectivity index (χ0n) is 11.6. The maximum absolute atomic E-state index is 6.16. The molecule has 0 aliphatic carbocycles. The van der Waals surface area contributed by atoms with Gasteiger partial charge >= 0.3 is 0 Å². The Labute approximate surface area is 111 Å². The van der Waals surface area contributed by atoms with Crippen molar-refractivity contribution in [1.29, 1.82) is 0 Å². The van der Waals surface area contributed by atoms with E-state index in [0.717, 1.165) is 50.4 Å². The lowest BCUT2D eigenvalue weighted by atomic mass is 9.70. The smallest absolute Gasteiger partial charge is 0.0729 e. The maximum atomic E-state index is 6.16. The standard InChI is InChI=1S/C15H27NO2/c1-12-2-6-16-11-14(12)13-3-7-18-15(10-13)4-8-17-9-5-15/h12-14,16H,2-11H2,1H3. The fourth-order valence-electron chi connectivity index (χ4n) is 4.17. The van der Waals surface area contributed by atoms with Crippen LogP contribution in [0.25, 0.3) is 0 Å². The maximum Gasteiger partial charge on any atom is 0.0729 e. The quantitative estimate of drug-likeness (QED) is 0.777. The monoisotopic (exact) mass is 253 g/mol. The van der Waals surface area contributed by atoms with Crippen LogP contribution in [0.4, 0.5) is 0 Å². The van der Waals surface area contributed by atoms with Crippen molar-refractivity contribution in [2.45, 2.75) is 44.6 Å². The van der Waals surface area contributed by atoms with Crippen molar-refractivity contribution in [3.05, 3.63) is 0 Å². The van der Waals surface area contributed by atoms with Gasteiger partial charge in [-0.05, 0) is 62.9 Å². The first-order chi connectivity index (χ1) is 8.79. The summed E-state index contributed by atoms with van der Waals surface area (Å²) in [6.45, 7) is 7.63. The molecule has 0 aromatic heterocycles. The van der Waals surface area contributed by atoms with E-state index in [-0.39, 0.29) is 5.60 Å². The molecule has 18 heavy (non-hydrogen) atoms. The molecule has 0 amide bonds. The normalized spacial score (nSPS) is 40.8. The second-order valence-corrected chi connectivity index (χ2v) is 6.53. The molecule has 104 valence electrons. The lowest BCUT2D eigenvalue weighted by molar-refractivity contribution is -0.155. The summed E-state index contributed by atoms with van der Waals surface area (Å²) in [5, 5.41) is 3.59. The highest BCUT2D eigenvalue weighted by Crippen LogP contribution is 2.42. The lowest BCUT2D eigenvalue weighted by Gasteiger charge is -2.47. The number of hydrogen-bond donors (Lipinski definition) is 1. The molecule has 3 atom stereocenters. The van der Waals surface area contributed by atoms with Crippen molar-refractivity contribution in [3.63, 3.8) is 0 Å². The Bertz CT molecular complexity index is 270. The van der Waals surface area contributed by atoms with Crippen LogP contribution >= 0.6 is 0 Å².